The van der Waals surface area contributed by atoms with Crippen LogP contribution in [0.4, 0.5) is 22.7 Å². The Hall–Kier alpha value is -2.42. The number of hydrogen-bond donors (Lipinski definition) is 0. The van der Waals surface area contributed by atoms with Crippen molar-refractivity contribution in [3.05, 3.63) is 61.2 Å². The topological polar surface area (TPSA) is 9.72 Å². The maximum Gasteiger partial charge on any atom is 0.0649 e. The lowest BCUT2D eigenvalue weighted by Gasteiger charge is -2.35. The smallest absolute Gasteiger partial charge is 0.0649 e. The molecule has 2 aromatic rings. The van der Waals surface area contributed by atoms with Gasteiger partial charge in [-0.2, -0.15) is 0 Å². The molecule has 2 aromatic carbocycles. The highest BCUT2D eigenvalue weighted by Crippen LogP contribution is 2.39. The molecule has 0 N–H and O–H groups in total. The van der Waals surface area contributed by atoms with Crippen molar-refractivity contribution in [3.63, 3.8) is 0 Å². The minimum absolute atomic E-state index is 0.975. The zero-order chi connectivity index (χ0) is 20.4. The Labute approximate surface area is 172 Å². The van der Waals surface area contributed by atoms with Gasteiger partial charge in [-0.25, -0.2) is 0 Å². The maximum absolute atomic E-state index is 3.91. The van der Waals surface area contributed by atoms with E-state index in [9.17, 15) is 0 Å². The van der Waals surface area contributed by atoms with Gasteiger partial charge in [0.25, 0.3) is 0 Å². The van der Waals surface area contributed by atoms with E-state index >= 15 is 0 Å². The molecule has 152 valence electrons. The van der Waals surface area contributed by atoms with Gasteiger partial charge in [0.05, 0.1) is 22.7 Å². The van der Waals surface area contributed by atoms with E-state index in [1.165, 1.54) is 22.7 Å². The number of benzene rings is 2. The molecule has 0 amide bonds. The largest absolute Gasteiger partial charge is 0.370 e. The second-order valence-corrected chi connectivity index (χ2v) is 6.90. The number of anilines is 4. The molecule has 0 aliphatic carbocycles. The molecular weight excluding hydrogens is 342 g/mol. The van der Waals surface area contributed by atoms with Gasteiger partial charge in [0.2, 0.25) is 0 Å². The Bertz CT molecular complexity index is 662. The molecule has 28 heavy (non-hydrogen) atoms. The molecule has 0 bridgehead atoms. The summed E-state index contributed by atoms with van der Waals surface area (Å²) in [7, 11) is 0. The van der Waals surface area contributed by atoms with Crippen LogP contribution in [0.3, 0.4) is 0 Å². The van der Waals surface area contributed by atoms with Crippen molar-refractivity contribution in [1.82, 2.24) is 0 Å². The summed E-state index contributed by atoms with van der Waals surface area (Å²) in [5, 5.41) is 0. The fourth-order valence-corrected chi connectivity index (χ4v) is 3.81. The van der Waals surface area contributed by atoms with E-state index < -0.39 is 0 Å². The molecule has 0 heterocycles. The zero-order valence-corrected chi connectivity index (χ0v) is 18.2. The van der Waals surface area contributed by atoms with Gasteiger partial charge in [-0.05, 0) is 64.8 Å². The van der Waals surface area contributed by atoms with Crippen LogP contribution in [0.1, 0.15) is 40.5 Å². The number of hydrogen-bond acceptors (Lipinski definition) is 3. The molecule has 3 heteroatoms. The molecule has 0 spiro atoms. The number of unbranched alkanes of at least 4 members (excludes halogenated alkanes) is 1. The second-order valence-electron chi connectivity index (χ2n) is 6.90. The van der Waals surface area contributed by atoms with Crippen LogP contribution in [0, 0.1) is 0 Å². The van der Waals surface area contributed by atoms with Crippen molar-refractivity contribution >= 4 is 22.7 Å². The lowest BCUT2D eigenvalue weighted by Crippen LogP contribution is -2.29. The molecule has 0 radical (unpaired) electrons. The zero-order valence-electron chi connectivity index (χ0n) is 18.2. The van der Waals surface area contributed by atoms with Gasteiger partial charge >= 0.3 is 0 Å². The Kier molecular flexibility index (Phi) is 8.93. The predicted molar refractivity (Wildman–Crippen MR) is 126 cm³/mol. The summed E-state index contributed by atoms with van der Waals surface area (Å²) in [5.41, 5.74) is 5.19. The summed E-state index contributed by atoms with van der Waals surface area (Å²) in [5.74, 6) is 0. The Balaban J connectivity index is 2.58. The highest BCUT2D eigenvalue weighted by Gasteiger charge is 2.19. The molecule has 3 nitrogen and oxygen atoms in total. The standard InChI is InChI=1S/C25H37N3/c1-6-11-16-21-28(24-19-14-12-17-22(24)26(7-2)8-3)25-20-15-13-18-23(25)27(9-4)10-5/h6,12-15,17-20H,1,7-11,16,21H2,2-5H3. The van der Waals surface area contributed by atoms with Gasteiger partial charge in [-0.3, -0.25) is 0 Å². The summed E-state index contributed by atoms with van der Waals surface area (Å²) in [4.78, 5) is 7.39. The Morgan fingerprint density at radius 1 is 0.679 bits per heavy atom. The third-order valence-electron chi connectivity index (χ3n) is 5.34. The summed E-state index contributed by atoms with van der Waals surface area (Å²) in [6.45, 7) is 17.8. The van der Waals surface area contributed by atoms with E-state index in [4.69, 9.17) is 0 Å². The quantitative estimate of drug-likeness (QED) is 0.308. The Morgan fingerprint density at radius 3 is 1.43 bits per heavy atom. The van der Waals surface area contributed by atoms with Gasteiger partial charge in [0.15, 0.2) is 0 Å². The summed E-state index contributed by atoms with van der Waals surface area (Å²) in [6, 6.07) is 17.6. The second kappa shape index (κ2) is 11.4. The van der Waals surface area contributed by atoms with E-state index in [1.54, 1.807) is 0 Å². The van der Waals surface area contributed by atoms with Gasteiger partial charge in [0.1, 0.15) is 0 Å². The first-order chi connectivity index (χ1) is 13.7. The van der Waals surface area contributed by atoms with Crippen molar-refractivity contribution in [2.24, 2.45) is 0 Å². The van der Waals surface area contributed by atoms with Gasteiger partial charge < -0.3 is 14.7 Å². The fraction of sp³-hybridized carbons (Fsp3) is 0.440. The number of rotatable bonds is 12. The lowest BCUT2D eigenvalue weighted by molar-refractivity contribution is 0.808. The monoisotopic (exact) mass is 379 g/mol. The van der Waals surface area contributed by atoms with E-state index in [0.717, 1.165) is 45.6 Å². The molecule has 0 unspecified atom stereocenters. The third kappa shape index (κ3) is 5.09. The normalized spacial score (nSPS) is 10.6. The van der Waals surface area contributed by atoms with Crippen LogP contribution in [-0.4, -0.2) is 32.7 Å². The molecule has 0 saturated carbocycles. The Morgan fingerprint density at radius 2 is 1.07 bits per heavy atom. The number of allylic oxidation sites excluding steroid dienone is 1. The molecule has 0 fully saturated rings. The van der Waals surface area contributed by atoms with Crippen LogP contribution in [0.15, 0.2) is 61.2 Å². The predicted octanol–water partition coefficient (Wildman–Crippen LogP) is 6.48. The van der Waals surface area contributed by atoms with E-state index in [1.807, 2.05) is 6.08 Å². The van der Waals surface area contributed by atoms with Crippen molar-refractivity contribution in [2.75, 3.05) is 47.4 Å². The maximum atomic E-state index is 3.91. The first-order valence-electron chi connectivity index (χ1n) is 10.8. The average Bonchev–Trinajstić information content (AvgIpc) is 2.74. The van der Waals surface area contributed by atoms with Gasteiger partial charge in [-0.15, -0.1) is 6.58 Å². The first-order valence-corrected chi connectivity index (χ1v) is 10.8. The molecule has 2 rings (SSSR count). The van der Waals surface area contributed by atoms with E-state index in [2.05, 4.69) is 97.5 Å². The molecule has 0 saturated heterocycles. The van der Waals surface area contributed by atoms with Gasteiger partial charge in [0, 0.05) is 32.7 Å². The molecule has 0 aromatic heterocycles. The molecule has 0 atom stereocenters. The highest BCUT2D eigenvalue weighted by atomic mass is 15.2. The van der Waals surface area contributed by atoms with Crippen molar-refractivity contribution in [3.8, 4) is 0 Å². The highest BCUT2D eigenvalue weighted by molar-refractivity contribution is 5.83. The van der Waals surface area contributed by atoms with Crippen LogP contribution < -0.4 is 14.7 Å². The van der Waals surface area contributed by atoms with Crippen molar-refractivity contribution in [2.45, 2.75) is 40.5 Å². The fourth-order valence-electron chi connectivity index (χ4n) is 3.81. The summed E-state index contributed by atoms with van der Waals surface area (Å²) < 4.78 is 0. The van der Waals surface area contributed by atoms with Crippen molar-refractivity contribution in [1.29, 1.82) is 0 Å². The average molecular weight is 380 g/mol. The lowest BCUT2D eigenvalue weighted by atomic mass is 10.1. The minimum Gasteiger partial charge on any atom is -0.370 e. The summed E-state index contributed by atoms with van der Waals surface area (Å²) in [6.07, 6.45) is 4.13. The molecular formula is C25H37N3. The van der Waals surface area contributed by atoms with Crippen LogP contribution in [0.2, 0.25) is 0 Å². The number of para-hydroxylation sites is 4. The number of nitrogens with zero attached hydrogens (tertiary/aromatic N) is 3. The van der Waals surface area contributed by atoms with Crippen molar-refractivity contribution < 1.29 is 0 Å². The van der Waals surface area contributed by atoms with Crippen LogP contribution >= 0.6 is 0 Å². The van der Waals surface area contributed by atoms with E-state index in [-0.39, 0.29) is 0 Å². The summed E-state index contributed by atoms with van der Waals surface area (Å²) >= 11 is 0. The van der Waals surface area contributed by atoms with Gasteiger partial charge in [-0.1, -0.05) is 30.3 Å². The van der Waals surface area contributed by atoms with E-state index in [0.29, 0.717) is 0 Å². The first kappa shape index (κ1) is 21.9. The molecule has 0 aliphatic rings. The van der Waals surface area contributed by atoms with Crippen LogP contribution in [0.25, 0.3) is 0 Å². The minimum atomic E-state index is 0.975. The van der Waals surface area contributed by atoms with Crippen LogP contribution in [-0.2, 0) is 0 Å². The van der Waals surface area contributed by atoms with Crippen LogP contribution in [0.5, 0.6) is 0 Å². The molecule has 0 aliphatic heterocycles. The third-order valence-corrected chi connectivity index (χ3v) is 5.34. The SMILES string of the molecule is C=CCCCN(c1ccccc1N(CC)CC)c1ccccc1N(CC)CC.